The normalized spacial score (nSPS) is 15.4. The lowest BCUT2D eigenvalue weighted by atomic mass is 10.1. The molecule has 1 fully saturated rings. The van der Waals surface area contributed by atoms with Gasteiger partial charge in [0.15, 0.2) is 0 Å². The molecule has 6 heteroatoms. The first-order valence-corrected chi connectivity index (χ1v) is 9.51. The predicted octanol–water partition coefficient (Wildman–Crippen LogP) is 4.51. The van der Waals surface area contributed by atoms with Gasteiger partial charge in [-0.05, 0) is 34.9 Å². The smallest absolute Gasteiger partial charge is 0.294 e. The van der Waals surface area contributed by atoms with Crippen molar-refractivity contribution in [2.24, 2.45) is 0 Å². The third-order valence-corrected chi connectivity index (χ3v) is 5.24. The highest BCUT2D eigenvalue weighted by molar-refractivity contribution is 8.18. The van der Waals surface area contributed by atoms with E-state index < -0.39 is 17.1 Å². The quantitative estimate of drug-likeness (QED) is 0.668. The fourth-order valence-corrected chi connectivity index (χ4v) is 3.84. The molecule has 1 saturated heterocycles. The van der Waals surface area contributed by atoms with E-state index in [2.05, 4.69) is 5.32 Å². The molecule has 1 N–H and O–H groups in total. The number of amides is 3. The number of anilines is 1. The Kier molecular flexibility index (Phi) is 4.95. The van der Waals surface area contributed by atoms with E-state index in [4.69, 9.17) is 0 Å². The van der Waals surface area contributed by atoms with Gasteiger partial charge in [-0.3, -0.25) is 19.3 Å². The van der Waals surface area contributed by atoms with Crippen molar-refractivity contribution in [1.82, 2.24) is 4.90 Å². The number of hydrogen-bond acceptors (Lipinski definition) is 4. The van der Waals surface area contributed by atoms with Gasteiger partial charge < -0.3 is 5.32 Å². The Balaban J connectivity index is 1.49. The van der Waals surface area contributed by atoms with Gasteiger partial charge in [0.05, 0.1) is 4.91 Å². The van der Waals surface area contributed by atoms with Crippen LogP contribution in [0, 0.1) is 0 Å². The van der Waals surface area contributed by atoms with Gasteiger partial charge in [0, 0.05) is 11.1 Å². The Morgan fingerprint density at radius 3 is 2.46 bits per heavy atom. The molecule has 0 unspecified atom stereocenters. The highest BCUT2D eigenvalue weighted by Crippen LogP contribution is 2.32. The third-order valence-electron chi connectivity index (χ3n) is 4.34. The minimum absolute atomic E-state index is 0.314. The second-order valence-corrected chi connectivity index (χ2v) is 7.25. The second kappa shape index (κ2) is 7.70. The maximum atomic E-state index is 12.6. The minimum Gasteiger partial charge on any atom is -0.324 e. The van der Waals surface area contributed by atoms with E-state index in [0.717, 1.165) is 33.0 Å². The Hall–Kier alpha value is -3.38. The molecule has 1 heterocycles. The van der Waals surface area contributed by atoms with Crippen molar-refractivity contribution < 1.29 is 14.4 Å². The van der Waals surface area contributed by atoms with Crippen molar-refractivity contribution in [1.29, 1.82) is 0 Å². The van der Waals surface area contributed by atoms with Crippen LogP contribution in [-0.2, 0) is 9.59 Å². The van der Waals surface area contributed by atoms with Crippen molar-refractivity contribution >= 4 is 51.4 Å². The zero-order valence-electron chi connectivity index (χ0n) is 14.8. The van der Waals surface area contributed by atoms with Crippen LogP contribution < -0.4 is 5.32 Å². The summed E-state index contributed by atoms with van der Waals surface area (Å²) < 4.78 is 0. The molecule has 4 rings (SSSR count). The van der Waals surface area contributed by atoms with Crippen LogP contribution in [0.2, 0.25) is 0 Å². The Morgan fingerprint density at radius 2 is 1.64 bits per heavy atom. The lowest BCUT2D eigenvalue weighted by Crippen LogP contribution is -2.36. The van der Waals surface area contributed by atoms with E-state index in [1.54, 1.807) is 12.1 Å². The largest absolute Gasteiger partial charge is 0.324 e. The summed E-state index contributed by atoms with van der Waals surface area (Å²) >= 11 is 0.846. The molecular formula is C22H16N2O3S. The average molecular weight is 388 g/mol. The monoisotopic (exact) mass is 388 g/mol. The van der Waals surface area contributed by atoms with E-state index in [-0.39, 0.29) is 6.54 Å². The summed E-state index contributed by atoms with van der Waals surface area (Å²) in [5.41, 5.74) is 1.48. The summed E-state index contributed by atoms with van der Waals surface area (Å²) in [5, 5.41) is 4.26. The zero-order valence-corrected chi connectivity index (χ0v) is 15.6. The Morgan fingerprint density at radius 1 is 0.929 bits per heavy atom. The van der Waals surface area contributed by atoms with E-state index in [9.17, 15) is 14.4 Å². The van der Waals surface area contributed by atoms with Crippen molar-refractivity contribution in [3.05, 3.63) is 83.3 Å². The molecule has 0 bridgehead atoms. The summed E-state index contributed by atoms with van der Waals surface area (Å²) in [6, 6.07) is 22.6. The van der Waals surface area contributed by atoms with Crippen LogP contribution in [0.5, 0.6) is 0 Å². The van der Waals surface area contributed by atoms with Gasteiger partial charge in [0.1, 0.15) is 6.54 Å². The molecule has 0 saturated carbocycles. The molecule has 3 aromatic carbocycles. The number of rotatable bonds is 4. The summed E-state index contributed by atoms with van der Waals surface area (Å²) in [6.07, 6.45) is 1.66. The molecule has 1 aliphatic heterocycles. The van der Waals surface area contributed by atoms with E-state index in [1.165, 1.54) is 0 Å². The Labute approximate surface area is 166 Å². The molecule has 1 aliphatic rings. The van der Waals surface area contributed by atoms with Crippen molar-refractivity contribution in [3.8, 4) is 0 Å². The van der Waals surface area contributed by atoms with Crippen LogP contribution in [-0.4, -0.2) is 28.5 Å². The van der Waals surface area contributed by atoms with Crippen LogP contribution in [0.15, 0.2) is 77.7 Å². The molecule has 0 radical (unpaired) electrons. The van der Waals surface area contributed by atoms with Crippen molar-refractivity contribution in [2.45, 2.75) is 0 Å². The number of nitrogens with zero attached hydrogens (tertiary/aromatic N) is 1. The predicted molar refractivity (Wildman–Crippen MR) is 112 cm³/mol. The summed E-state index contributed by atoms with van der Waals surface area (Å²) in [4.78, 5) is 38.6. The third kappa shape index (κ3) is 3.68. The number of imide groups is 1. The number of carbonyl (C=O) groups is 3. The van der Waals surface area contributed by atoms with Gasteiger partial charge >= 0.3 is 0 Å². The fourth-order valence-electron chi connectivity index (χ4n) is 3.00. The SMILES string of the molecule is O=C(CN1C(=O)S/C(=C/c2ccccc2)C1=O)Nc1cccc2ccccc12. The zero-order chi connectivity index (χ0) is 19.5. The first-order valence-electron chi connectivity index (χ1n) is 8.70. The number of benzene rings is 3. The fraction of sp³-hybridized carbons (Fsp3) is 0.0455. The lowest BCUT2D eigenvalue weighted by molar-refractivity contribution is -0.127. The molecular weight excluding hydrogens is 372 g/mol. The number of thioether (sulfide) groups is 1. The maximum absolute atomic E-state index is 12.6. The van der Waals surface area contributed by atoms with Gasteiger partial charge in [0.25, 0.3) is 11.1 Å². The first-order chi connectivity index (χ1) is 13.6. The molecule has 3 aromatic rings. The van der Waals surface area contributed by atoms with Crippen LogP contribution in [0.25, 0.3) is 16.8 Å². The maximum Gasteiger partial charge on any atom is 0.294 e. The molecule has 5 nitrogen and oxygen atoms in total. The first kappa shape index (κ1) is 18.0. The molecule has 0 aromatic heterocycles. The minimum atomic E-state index is -0.452. The topological polar surface area (TPSA) is 66.5 Å². The van der Waals surface area contributed by atoms with E-state index >= 15 is 0 Å². The highest BCUT2D eigenvalue weighted by atomic mass is 32.2. The highest BCUT2D eigenvalue weighted by Gasteiger charge is 2.36. The van der Waals surface area contributed by atoms with Gasteiger partial charge in [-0.2, -0.15) is 0 Å². The molecule has 3 amide bonds. The van der Waals surface area contributed by atoms with Crippen LogP contribution in [0.1, 0.15) is 5.56 Å². The van der Waals surface area contributed by atoms with Crippen molar-refractivity contribution in [3.63, 3.8) is 0 Å². The molecule has 0 aliphatic carbocycles. The molecule has 0 atom stereocenters. The molecule has 138 valence electrons. The summed E-state index contributed by atoms with van der Waals surface area (Å²) in [7, 11) is 0. The lowest BCUT2D eigenvalue weighted by Gasteiger charge is -2.13. The molecule has 0 spiro atoms. The van der Waals surface area contributed by atoms with Gasteiger partial charge in [-0.1, -0.05) is 66.7 Å². The van der Waals surface area contributed by atoms with Crippen LogP contribution in [0.3, 0.4) is 0 Å². The average Bonchev–Trinajstić information content (AvgIpc) is 2.96. The summed E-state index contributed by atoms with van der Waals surface area (Å²) in [6.45, 7) is -0.319. The Bertz CT molecular complexity index is 1100. The van der Waals surface area contributed by atoms with E-state index in [1.807, 2.05) is 66.7 Å². The van der Waals surface area contributed by atoms with Gasteiger partial charge in [-0.25, -0.2) is 0 Å². The molecule has 28 heavy (non-hydrogen) atoms. The number of nitrogens with one attached hydrogen (secondary N) is 1. The van der Waals surface area contributed by atoms with E-state index in [0.29, 0.717) is 10.6 Å². The van der Waals surface area contributed by atoms with Crippen LogP contribution in [0.4, 0.5) is 10.5 Å². The standard InChI is InChI=1S/C22H16N2O3S/c25-20(23-18-12-6-10-16-9-4-5-11-17(16)18)14-24-21(26)19(28-22(24)27)13-15-7-2-1-3-8-15/h1-13H,14H2,(H,23,25)/b19-13+. The van der Waals surface area contributed by atoms with Gasteiger partial charge in [0.2, 0.25) is 5.91 Å². The number of fused-ring (bicyclic) bond motifs is 1. The summed E-state index contributed by atoms with van der Waals surface area (Å²) in [5.74, 6) is -0.869. The van der Waals surface area contributed by atoms with Crippen molar-refractivity contribution in [2.75, 3.05) is 11.9 Å². The number of carbonyl (C=O) groups excluding carboxylic acids is 3. The second-order valence-electron chi connectivity index (χ2n) is 6.25. The van der Waals surface area contributed by atoms with Crippen LogP contribution >= 0.6 is 11.8 Å². The van der Waals surface area contributed by atoms with Gasteiger partial charge in [-0.15, -0.1) is 0 Å². The number of hydrogen-bond donors (Lipinski definition) is 1.